The maximum absolute atomic E-state index is 10.9. The molecule has 0 heterocycles. The van der Waals surface area contributed by atoms with Crippen LogP contribution < -0.4 is 4.74 Å². The fourth-order valence-corrected chi connectivity index (χ4v) is 2.70. The topological polar surface area (TPSA) is 86.5 Å². The Morgan fingerprint density at radius 1 is 1.38 bits per heavy atom. The first-order valence-corrected chi connectivity index (χ1v) is 8.97. The molecule has 0 bridgehead atoms. The number of rotatable bonds is 8. The number of nitrogens with zero attached hydrogens (tertiary/aromatic N) is 1. The summed E-state index contributed by atoms with van der Waals surface area (Å²) in [6.07, 6.45) is 1.03. The third-order valence-corrected chi connectivity index (χ3v) is 4.22. The highest BCUT2D eigenvalue weighted by atomic mass is 35.7. The zero-order valence-corrected chi connectivity index (χ0v) is 13.5. The Balaban J connectivity index is 2.52. The molecule has 0 spiro atoms. The predicted molar refractivity (Wildman–Crippen MR) is 81.4 cm³/mol. The maximum atomic E-state index is 10.9. The van der Waals surface area contributed by atoms with Crippen molar-refractivity contribution in [2.45, 2.75) is 26.7 Å². The number of benzene rings is 1. The molecule has 0 amide bonds. The highest BCUT2D eigenvalue weighted by Crippen LogP contribution is 2.28. The molecule has 21 heavy (non-hydrogen) atoms. The summed E-state index contributed by atoms with van der Waals surface area (Å²) in [5, 5.41) is 10.9. The lowest BCUT2D eigenvalue weighted by Gasteiger charge is -2.12. The molecule has 1 atom stereocenters. The normalized spacial score (nSPS) is 12.9. The second-order valence-corrected chi connectivity index (χ2v) is 7.90. The summed E-state index contributed by atoms with van der Waals surface area (Å²) in [7, 11) is 1.67. The van der Waals surface area contributed by atoms with Crippen LogP contribution in [0.3, 0.4) is 0 Å². The molecule has 0 saturated carbocycles. The quantitative estimate of drug-likeness (QED) is 0.413. The molecule has 6 nitrogen and oxygen atoms in total. The molecule has 0 aromatic heterocycles. The van der Waals surface area contributed by atoms with Gasteiger partial charge in [0.25, 0.3) is 0 Å². The number of hydrogen-bond donors (Lipinski definition) is 0. The van der Waals surface area contributed by atoms with E-state index in [0.717, 1.165) is 5.56 Å². The van der Waals surface area contributed by atoms with Gasteiger partial charge in [-0.1, -0.05) is 13.0 Å². The monoisotopic (exact) mass is 335 g/mol. The van der Waals surface area contributed by atoms with Gasteiger partial charge in [0.05, 0.1) is 17.3 Å². The first-order valence-electron chi connectivity index (χ1n) is 6.49. The van der Waals surface area contributed by atoms with E-state index >= 15 is 0 Å². The summed E-state index contributed by atoms with van der Waals surface area (Å²) in [4.78, 5) is 10.4. The van der Waals surface area contributed by atoms with Crippen molar-refractivity contribution in [3.8, 4) is 5.75 Å². The Hall–Kier alpha value is -1.34. The van der Waals surface area contributed by atoms with Crippen molar-refractivity contribution < 1.29 is 18.1 Å². The van der Waals surface area contributed by atoms with Crippen molar-refractivity contribution in [2.24, 2.45) is 5.92 Å². The molecule has 0 fully saturated rings. The van der Waals surface area contributed by atoms with Crippen LogP contribution in [0.1, 0.15) is 25.3 Å². The van der Waals surface area contributed by atoms with Crippen molar-refractivity contribution in [2.75, 3.05) is 12.4 Å². The highest BCUT2D eigenvalue weighted by Gasteiger charge is 2.15. The Labute approximate surface area is 128 Å². The van der Waals surface area contributed by atoms with E-state index in [2.05, 4.69) is 0 Å². The van der Waals surface area contributed by atoms with E-state index in [1.54, 1.807) is 12.1 Å². The lowest BCUT2D eigenvalue weighted by atomic mass is 10.1. The molecule has 0 aliphatic heterocycles. The van der Waals surface area contributed by atoms with Crippen LogP contribution in [-0.2, 0) is 9.05 Å². The van der Waals surface area contributed by atoms with Gasteiger partial charge in [0.2, 0.25) is 9.05 Å². The Kier molecular flexibility index (Phi) is 6.42. The zero-order valence-electron chi connectivity index (χ0n) is 11.9. The number of nitro benzene ring substituents is 1. The van der Waals surface area contributed by atoms with Gasteiger partial charge in [-0.05, 0) is 37.3 Å². The largest absolute Gasteiger partial charge is 0.487 e. The standard InChI is InChI=1S/C13H18ClNO5S/c1-10(6-8-21(14,18)19)5-7-20-13-9-11(2)3-4-12(13)15(16)17/h3-4,9-10H,5-8H2,1-2H3. The smallest absolute Gasteiger partial charge is 0.310 e. The minimum atomic E-state index is -3.48. The minimum Gasteiger partial charge on any atom is -0.487 e. The molecule has 8 heteroatoms. The zero-order chi connectivity index (χ0) is 16.0. The van der Waals surface area contributed by atoms with Crippen molar-refractivity contribution in [3.05, 3.63) is 33.9 Å². The van der Waals surface area contributed by atoms with Gasteiger partial charge in [-0.3, -0.25) is 10.1 Å². The van der Waals surface area contributed by atoms with Crippen molar-refractivity contribution in [3.63, 3.8) is 0 Å². The van der Waals surface area contributed by atoms with Crippen LogP contribution in [0, 0.1) is 23.0 Å². The highest BCUT2D eigenvalue weighted by molar-refractivity contribution is 8.13. The molecule has 0 aliphatic carbocycles. The van der Waals surface area contributed by atoms with Gasteiger partial charge in [-0.2, -0.15) is 0 Å². The van der Waals surface area contributed by atoms with E-state index in [4.69, 9.17) is 15.4 Å². The average Bonchev–Trinajstić information content (AvgIpc) is 2.35. The van der Waals surface area contributed by atoms with Crippen molar-refractivity contribution in [1.82, 2.24) is 0 Å². The van der Waals surface area contributed by atoms with Gasteiger partial charge in [-0.25, -0.2) is 8.42 Å². The fraction of sp³-hybridized carbons (Fsp3) is 0.538. The SMILES string of the molecule is Cc1ccc([N+](=O)[O-])c(OCCC(C)CCS(=O)(=O)Cl)c1. The van der Waals surface area contributed by atoms with Crippen molar-refractivity contribution >= 4 is 25.4 Å². The molecule has 1 aromatic rings. The van der Waals surface area contributed by atoms with Crippen LogP contribution >= 0.6 is 10.7 Å². The molecule has 0 radical (unpaired) electrons. The van der Waals surface area contributed by atoms with Gasteiger partial charge >= 0.3 is 5.69 Å². The predicted octanol–water partition coefficient (Wildman–Crippen LogP) is 3.27. The molecular weight excluding hydrogens is 318 g/mol. The van der Waals surface area contributed by atoms with E-state index in [-0.39, 0.29) is 29.7 Å². The van der Waals surface area contributed by atoms with Gasteiger partial charge in [0, 0.05) is 16.7 Å². The fourth-order valence-electron chi connectivity index (χ4n) is 1.74. The van der Waals surface area contributed by atoms with E-state index in [9.17, 15) is 18.5 Å². The second kappa shape index (κ2) is 7.61. The van der Waals surface area contributed by atoms with Crippen LogP contribution in [0.5, 0.6) is 5.75 Å². The first-order chi connectivity index (χ1) is 9.69. The van der Waals surface area contributed by atoms with Crippen LogP contribution in [0.15, 0.2) is 18.2 Å². The lowest BCUT2D eigenvalue weighted by Crippen LogP contribution is -2.09. The third-order valence-electron chi connectivity index (χ3n) is 3.03. The summed E-state index contributed by atoms with van der Waals surface area (Å²) in [5.41, 5.74) is 0.800. The third kappa shape index (κ3) is 6.77. The molecule has 1 unspecified atom stereocenters. The van der Waals surface area contributed by atoms with E-state index in [1.165, 1.54) is 6.07 Å². The van der Waals surface area contributed by atoms with Gasteiger partial charge < -0.3 is 4.74 Å². The molecule has 118 valence electrons. The molecule has 1 rings (SSSR count). The van der Waals surface area contributed by atoms with Crippen LogP contribution in [0.4, 0.5) is 5.69 Å². The Morgan fingerprint density at radius 3 is 2.62 bits per heavy atom. The molecule has 1 aromatic carbocycles. The maximum Gasteiger partial charge on any atom is 0.310 e. The molecular formula is C13H18ClNO5S. The summed E-state index contributed by atoms with van der Waals surface area (Å²) in [5.74, 6) is 0.250. The average molecular weight is 336 g/mol. The number of nitro groups is 1. The summed E-state index contributed by atoms with van der Waals surface area (Å²) >= 11 is 0. The summed E-state index contributed by atoms with van der Waals surface area (Å²) in [6.45, 7) is 3.99. The van der Waals surface area contributed by atoms with Crippen LogP contribution in [-0.4, -0.2) is 25.7 Å². The van der Waals surface area contributed by atoms with E-state index < -0.39 is 14.0 Å². The molecule has 0 saturated heterocycles. The van der Waals surface area contributed by atoms with E-state index in [1.807, 2.05) is 13.8 Å². The van der Waals surface area contributed by atoms with Crippen LogP contribution in [0.2, 0.25) is 0 Å². The summed E-state index contributed by atoms with van der Waals surface area (Å²) in [6, 6.07) is 4.68. The second-order valence-electron chi connectivity index (χ2n) is 5.00. The van der Waals surface area contributed by atoms with Gasteiger partial charge in [0.1, 0.15) is 0 Å². The minimum absolute atomic E-state index is 0.0726. The van der Waals surface area contributed by atoms with Gasteiger partial charge in [-0.15, -0.1) is 0 Å². The first kappa shape index (κ1) is 17.7. The number of aryl methyl sites for hydroxylation is 1. The number of ether oxygens (including phenoxy) is 1. The Morgan fingerprint density at radius 2 is 2.05 bits per heavy atom. The van der Waals surface area contributed by atoms with Crippen LogP contribution in [0.25, 0.3) is 0 Å². The number of halogens is 1. The van der Waals surface area contributed by atoms with Crippen molar-refractivity contribution in [1.29, 1.82) is 0 Å². The molecule has 0 aliphatic rings. The Bertz CT molecular complexity index is 603. The number of hydrogen-bond acceptors (Lipinski definition) is 5. The van der Waals surface area contributed by atoms with E-state index in [0.29, 0.717) is 12.8 Å². The lowest BCUT2D eigenvalue weighted by molar-refractivity contribution is -0.385. The summed E-state index contributed by atoms with van der Waals surface area (Å²) < 4.78 is 27.2. The van der Waals surface area contributed by atoms with Gasteiger partial charge in [0.15, 0.2) is 5.75 Å². The molecule has 0 N–H and O–H groups in total.